The molecule has 2 rings (SSSR count). The molecule has 0 aromatic carbocycles. The minimum Gasteiger partial charge on any atom is -0.347 e. The van der Waals surface area contributed by atoms with Gasteiger partial charge >= 0.3 is 0 Å². The maximum atomic E-state index is 12.0. The van der Waals surface area contributed by atoms with E-state index in [1.54, 1.807) is 19.1 Å². The summed E-state index contributed by atoms with van der Waals surface area (Å²) in [5.74, 6) is 0.786. The van der Waals surface area contributed by atoms with Crippen molar-refractivity contribution in [2.75, 3.05) is 25.5 Å². The molecule has 7 heteroatoms. The Morgan fingerprint density at radius 3 is 2.57 bits per heavy atom. The molecule has 0 aliphatic carbocycles. The molecule has 0 bridgehead atoms. The molecule has 1 unspecified atom stereocenters. The Kier molecular flexibility index (Phi) is 4.63. The van der Waals surface area contributed by atoms with Crippen LogP contribution in [0.5, 0.6) is 0 Å². The van der Waals surface area contributed by atoms with Crippen LogP contribution in [0.4, 0.5) is 5.82 Å². The molecule has 1 saturated heterocycles. The van der Waals surface area contributed by atoms with Gasteiger partial charge in [0.15, 0.2) is 5.78 Å². The zero-order valence-electron chi connectivity index (χ0n) is 12.6. The Balaban J connectivity index is 2.28. The van der Waals surface area contributed by atoms with Crippen molar-refractivity contribution in [2.45, 2.75) is 37.1 Å². The standard InChI is InChI=1S/C14H21N3O3S/c1-11(18)13-6-4-5-9-17(13)14-8-7-12(10-15-14)21(19,20)16(2)3/h7-8,10,13H,4-6,9H2,1-3H3. The number of anilines is 1. The maximum absolute atomic E-state index is 12.0. The second-order valence-electron chi connectivity index (χ2n) is 5.46. The quantitative estimate of drug-likeness (QED) is 0.837. The summed E-state index contributed by atoms with van der Waals surface area (Å²) in [7, 11) is -0.497. The molecule has 6 nitrogen and oxygen atoms in total. The molecule has 21 heavy (non-hydrogen) atoms. The Labute approximate surface area is 125 Å². The zero-order valence-corrected chi connectivity index (χ0v) is 13.4. The lowest BCUT2D eigenvalue weighted by Gasteiger charge is -2.35. The van der Waals surface area contributed by atoms with E-state index in [9.17, 15) is 13.2 Å². The first-order chi connectivity index (χ1) is 9.84. The molecule has 1 aliphatic heterocycles. The van der Waals surface area contributed by atoms with E-state index in [0.29, 0.717) is 5.82 Å². The van der Waals surface area contributed by atoms with Crippen molar-refractivity contribution >= 4 is 21.6 Å². The van der Waals surface area contributed by atoms with Crippen molar-refractivity contribution in [3.8, 4) is 0 Å². The van der Waals surface area contributed by atoms with Crippen molar-refractivity contribution in [1.29, 1.82) is 0 Å². The second kappa shape index (κ2) is 6.11. The van der Waals surface area contributed by atoms with Crippen LogP contribution in [0.25, 0.3) is 0 Å². The fourth-order valence-electron chi connectivity index (χ4n) is 2.53. The van der Waals surface area contributed by atoms with Gasteiger partial charge in [-0.15, -0.1) is 0 Å². The van der Waals surface area contributed by atoms with Crippen LogP contribution in [0.3, 0.4) is 0 Å². The minimum absolute atomic E-state index is 0.126. The molecule has 0 saturated carbocycles. The monoisotopic (exact) mass is 311 g/mol. The van der Waals surface area contributed by atoms with Crippen molar-refractivity contribution in [3.63, 3.8) is 0 Å². The molecule has 1 aliphatic rings. The Morgan fingerprint density at radius 1 is 1.33 bits per heavy atom. The molecule has 2 heterocycles. The molecule has 0 spiro atoms. The highest BCUT2D eigenvalue weighted by molar-refractivity contribution is 7.89. The largest absolute Gasteiger partial charge is 0.347 e. The number of nitrogens with zero attached hydrogens (tertiary/aromatic N) is 3. The molecular weight excluding hydrogens is 290 g/mol. The number of piperidine rings is 1. The van der Waals surface area contributed by atoms with E-state index in [4.69, 9.17) is 0 Å². The van der Waals surface area contributed by atoms with Gasteiger partial charge in [-0.1, -0.05) is 0 Å². The van der Waals surface area contributed by atoms with Gasteiger partial charge in [0, 0.05) is 26.8 Å². The van der Waals surface area contributed by atoms with Gasteiger partial charge in [-0.3, -0.25) is 4.79 Å². The van der Waals surface area contributed by atoms with Crippen LogP contribution in [0.1, 0.15) is 26.2 Å². The van der Waals surface area contributed by atoms with E-state index >= 15 is 0 Å². The van der Waals surface area contributed by atoms with Gasteiger partial charge in [-0.2, -0.15) is 0 Å². The van der Waals surface area contributed by atoms with Gasteiger partial charge in [0.25, 0.3) is 0 Å². The summed E-state index contributed by atoms with van der Waals surface area (Å²) in [6.07, 6.45) is 4.24. The Morgan fingerprint density at radius 2 is 2.05 bits per heavy atom. The topological polar surface area (TPSA) is 70.6 Å². The zero-order chi connectivity index (χ0) is 15.6. The highest BCUT2D eigenvalue weighted by atomic mass is 32.2. The molecular formula is C14H21N3O3S. The van der Waals surface area contributed by atoms with Crippen molar-refractivity contribution < 1.29 is 13.2 Å². The van der Waals surface area contributed by atoms with Crippen LogP contribution >= 0.6 is 0 Å². The summed E-state index contributed by atoms with van der Waals surface area (Å²) in [5, 5.41) is 0. The highest BCUT2D eigenvalue weighted by Gasteiger charge is 2.27. The number of carbonyl (C=O) groups excluding carboxylic acids is 1. The molecule has 1 fully saturated rings. The van der Waals surface area contributed by atoms with Gasteiger partial charge in [-0.25, -0.2) is 17.7 Å². The lowest BCUT2D eigenvalue weighted by molar-refractivity contribution is -0.118. The SMILES string of the molecule is CC(=O)C1CCCCN1c1ccc(S(=O)(=O)N(C)C)cn1. The highest BCUT2D eigenvalue weighted by Crippen LogP contribution is 2.24. The average molecular weight is 311 g/mol. The predicted molar refractivity (Wildman–Crippen MR) is 80.8 cm³/mol. The minimum atomic E-state index is -3.47. The smallest absolute Gasteiger partial charge is 0.244 e. The second-order valence-corrected chi connectivity index (χ2v) is 7.61. The van der Waals surface area contributed by atoms with Gasteiger partial charge in [0.2, 0.25) is 10.0 Å². The fourth-order valence-corrected chi connectivity index (χ4v) is 3.38. The van der Waals surface area contributed by atoms with Crippen LogP contribution < -0.4 is 4.90 Å². The van der Waals surface area contributed by atoms with E-state index in [0.717, 1.165) is 30.1 Å². The van der Waals surface area contributed by atoms with Crippen LogP contribution in [-0.4, -0.2) is 50.2 Å². The number of carbonyl (C=O) groups is 1. The molecule has 1 atom stereocenters. The molecule has 0 N–H and O–H groups in total. The number of Topliss-reactive ketones (excluding diaryl/α,β-unsaturated/α-hetero) is 1. The lowest BCUT2D eigenvalue weighted by atomic mass is 9.99. The summed E-state index contributed by atoms with van der Waals surface area (Å²) in [5.41, 5.74) is 0. The maximum Gasteiger partial charge on any atom is 0.244 e. The van der Waals surface area contributed by atoms with E-state index in [2.05, 4.69) is 4.98 Å². The molecule has 116 valence electrons. The third-order valence-electron chi connectivity index (χ3n) is 3.77. The number of hydrogen-bond acceptors (Lipinski definition) is 5. The summed E-state index contributed by atoms with van der Waals surface area (Å²) in [4.78, 5) is 18.1. The van der Waals surface area contributed by atoms with Crippen molar-refractivity contribution in [1.82, 2.24) is 9.29 Å². The third kappa shape index (κ3) is 3.24. The fraction of sp³-hybridized carbons (Fsp3) is 0.571. The molecule has 1 aromatic heterocycles. The average Bonchev–Trinajstić information content (AvgIpc) is 2.47. The van der Waals surface area contributed by atoms with Crippen molar-refractivity contribution in [2.24, 2.45) is 0 Å². The van der Waals surface area contributed by atoms with E-state index in [-0.39, 0.29) is 16.7 Å². The molecule has 1 aromatic rings. The lowest BCUT2D eigenvalue weighted by Crippen LogP contribution is -2.44. The number of ketones is 1. The number of pyridine rings is 1. The van der Waals surface area contributed by atoms with Gasteiger partial charge in [0.05, 0.1) is 6.04 Å². The molecule has 0 amide bonds. The Bertz CT molecular complexity index is 611. The predicted octanol–water partition coefficient (Wildman–Crippen LogP) is 1.28. The van der Waals surface area contributed by atoms with Gasteiger partial charge in [0.1, 0.15) is 10.7 Å². The number of hydrogen-bond donors (Lipinski definition) is 0. The van der Waals surface area contributed by atoms with Crippen molar-refractivity contribution in [3.05, 3.63) is 18.3 Å². The first-order valence-electron chi connectivity index (χ1n) is 6.99. The first-order valence-corrected chi connectivity index (χ1v) is 8.43. The summed E-state index contributed by atoms with van der Waals surface area (Å²) in [6, 6.07) is 3.07. The summed E-state index contributed by atoms with van der Waals surface area (Å²) >= 11 is 0. The van der Waals surface area contributed by atoms with Crippen LogP contribution in [0, 0.1) is 0 Å². The first kappa shape index (κ1) is 15.9. The van der Waals surface area contributed by atoms with Crippen LogP contribution in [0.15, 0.2) is 23.2 Å². The number of rotatable bonds is 4. The summed E-state index contributed by atoms with van der Waals surface area (Å²) in [6.45, 7) is 2.37. The van der Waals surface area contributed by atoms with Crippen LogP contribution in [-0.2, 0) is 14.8 Å². The van der Waals surface area contributed by atoms with Gasteiger partial charge < -0.3 is 4.90 Å². The van der Waals surface area contributed by atoms with E-state index in [1.807, 2.05) is 4.90 Å². The van der Waals surface area contributed by atoms with Gasteiger partial charge in [-0.05, 0) is 38.3 Å². The molecule has 0 radical (unpaired) electrons. The number of sulfonamides is 1. The normalized spacial score (nSPS) is 19.8. The summed E-state index contributed by atoms with van der Waals surface area (Å²) < 4.78 is 25.2. The van der Waals surface area contributed by atoms with E-state index in [1.165, 1.54) is 20.3 Å². The Hall–Kier alpha value is -1.47. The number of aromatic nitrogens is 1. The van der Waals surface area contributed by atoms with Crippen LogP contribution in [0.2, 0.25) is 0 Å². The van der Waals surface area contributed by atoms with E-state index < -0.39 is 10.0 Å². The third-order valence-corrected chi connectivity index (χ3v) is 5.56.